The first-order valence-electron chi connectivity index (χ1n) is 6.82. The Morgan fingerprint density at radius 3 is 2.11 bits per heavy atom. The first kappa shape index (κ1) is 15.2. The number of rotatable bonds is 5. The fourth-order valence-electron chi connectivity index (χ4n) is 2.09. The van der Waals surface area contributed by atoms with E-state index in [0.29, 0.717) is 12.5 Å². The zero-order valence-electron chi connectivity index (χ0n) is 12.5. The molecule has 2 unspecified atom stereocenters. The lowest BCUT2D eigenvalue weighted by Gasteiger charge is -2.21. The van der Waals surface area contributed by atoms with Gasteiger partial charge in [-0.25, -0.2) is 0 Å². The Labute approximate surface area is 111 Å². The minimum atomic E-state index is -0.278. The highest BCUT2D eigenvalue weighted by Crippen LogP contribution is 2.21. The van der Waals surface area contributed by atoms with Crippen LogP contribution >= 0.6 is 0 Å². The summed E-state index contributed by atoms with van der Waals surface area (Å²) < 4.78 is 0. The Balaban J connectivity index is 2.72. The fourth-order valence-corrected chi connectivity index (χ4v) is 2.09. The molecule has 2 N–H and O–H groups in total. The molecule has 1 aromatic carbocycles. The molecule has 0 radical (unpaired) electrons. The minimum Gasteiger partial charge on any atom is -0.392 e. The molecular formula is C16H27NO. The predicted molar refractivity (Wildman–Crippen MR) is 77.9 cm³/mol. The van der Waals surface area contributed by atoms with E-state index in [9.17, 15) is 5.11 Å². The molecule has 2 atom stereocenters. The van der Waals surface area contributed by atoms with Gasteiger partial charge in [-0.05, 0) is 55.9 Å². The second-order valence-corrected chi connectivity index (χ2v) is 5.73. The van der Waals surface area contributed by atoms with Gasteiger partial charge in [-0.1, -0.05) is 26.0 Å². The molecule has 18 heavy (non-hydrogen) atoms. The molecule has 2 nitrogen and oxygen atoms in total. The van der Waals surface area contributed by atoms with Crippen LogP contribution in [0.15, 0.2) is 12.1 Å². The van der Waals surface area contributed by atoms with Crippen LogP contribution in [0.3, 0.4) is 0 Å². The number of aryl methyl sites for hydroxylation is 3. The van der Waals surface area contributed by atoms with E-state index in [2.05, 4.69) is 45.1 Å². The summed E-state index contributed by atoms with van der Waals surface area (Å²) in [5.74, 6) is 0.297. The Morgan fingerprint density at radius 2 is 1.56 bits per heavy atom. The summed E-state index contributed by atoms with van der Waals surface area (Å²) in [6, 6.07) is 4.77. The SMILES string of the molecule is Cc1cc(C)c(C(C)NCC(O)C(C)C)cc1C. The summed E-state index contributed by atoms with van der Waals surface area (Å²) in [6.45, 7) is 13.3. The van der Waals surface area contributed by atoms with Crippen LogP contribution in [0.5, 0.6) is 0 Å². The van der Waals surface area contributed by atoms with Gasteiger partial charge in [0, 0.05) is 12.6 Å². The minimum absolute atomic E-state index is 0.276. The molecule has 0 aromatic heterocycles. The molecule has 0 amide bonds. The molecule has 0 aliphatic rings. The van der Waals surface area contributed by atoms with Gasteiger partial charge in [0.2, 0.25) is 0 Å². The van der Waals surface area contributed by atoms with E-state index < -0.39 is 0 Å². The lowest BCUT2D eigenvalue weighted by molar-refractivity contribution is 0.120. The van der Waals surface area contributed by atoms with E-state index in [1.165, 1.54) is 22.3 Å². The second kappa shape index (κ2) is 6.35. The zero-order chi connectivity index (χ0) is 13.9. The molecular weight excluding hydrogens is 222 g/mol. The molecule has 0 aliphatic heterocycles. The van der Waals surface area contributed by atoms with Gasteiger partial charge >= 0.3 is 0 Å². The van der Waals surface area contributed by atoms with Crippen LogP contribution in [-0.4, -0.2) is 17.8 Å². The van der Waals surface area contributed by atoms with Crippen molar-refractivity contribution < 1.29 is 5.11 Å². The Kier molecular flexibility index (Phi) is 5.36. The van der Waals surface area contributed by atoms with E-state index in [4.69, 9.17) is 0 Å². The van der Waals surface area contributed by atoms with E-state index in [-0.39, 0.29) is 12.1 Å². The molecule has 0 bridgehead atoms. The smallest absolute Gasteiger partial charge is 0.0687 e. The van der Waals surface area contributed by atoms with Crippen LogP contribution < -0.4 is 5.32 Å². The van der Waals surface area contributed by atoms with E-state index in [1.807, 2.05) is 13.8 Å². The van der Waals surface area contributed by atoms with Crippen LogP contribution in [0.4, 0.5) is 0 Å². The first-order valence-corrected chi connectivity index (χ1v) is 6.82. The van der Waals surface area contributed by atoms with Gasteiger partial charge in [0.05, 0.1) is 6.10 Å². The van der Waals surface area contributed by atoms with Gasteiger partial charge in [0.15, 0.2) is 0 Å². The Bertz CT molecular complexity index is 398. The summed E-state index contributed by atoms with van der Waals surface area (Å²) >= 11 is 0. The molecule has 0 aliphatic carbocycles. The number of aliphatic hydroxyl groups excluding tert-OH is 1. The van der Waals surface area contributed by atoms with Crippen molar-refractivity contribution in [1.29, 1.82) is 0 Å². The third-order valence-corrected chi connectivity index (χ3v) is 3.75. The molecule has 102 valence electrons. The van der Waals surface area contributed by atoms with Crippen molar-refractivity contribution >= 4 is 0 Å². The molecule has 0 saturated heterocycles. The topological polar surface area (TPSA) is 32.3 Å². The first-order chi connectivity index (χ1) is 8.32. The van der Waals surface area contributed by atoms with E-state index >= 15 is 0 Å². The highest BCUT2D eigenvalue weighted by atomic mass is 16.3. The average molecular weight is 249 g/mol. The molecule has 0 saturated carbocycles. The van der Waals surface area contributed by atoms with Crippen molar-refractivity contribution in [3.05, 3.63) is 34.4 Å². The van der Waals surface area contributed by atoms with Crippen molar-refractivity contribution in [2.45, 2.75) is 53.7 Å². The van der Waals surface area contributed by atoms with Crippen molar-refractivity contribution in [1.82, 2.24) is 5.32 Å². The summed E-state index contributed by atoms with van der Waals surface area (Å²) in [7, 11) is 0. The fraction of sp³-hybridized carbons (Fsp3) is 0.625. The molecule has 1 rings (SSSR count). The second-order valence-electron chi connectivity index (χ2n) is 5.73. The Morgan fingerprint density at radius 1 is 1.00 bits per heavy atom. The molecule has 0 spiro atoms. The lowest BCUT2D eigenvalue weighted by atomic mass is 9.96. The van der Waals surface area contributed by atoms with Crippen LogP contribution in [0.25, 0.3) is 0 Å². The Hall–Kier alpha value is -0.860. The summed E-state index contributed by atoms with van der Waals surface area (Å²) in [5.41, 5.74) is 5.31. The van der Waals surface area contributed by atoms with Gasteiger partial charge < -0.3 is 10.4 Å². The number of nitrogens with one attached hydrogen (secondary N) is 1. The molecule has 0 heterocycles. The van der Waals surface area contributed by atoms with Crippen molar-refractivity contribution in [3.63, 3.8) is 0 Å². The summed E-state index contributed by atoms with van der Waals surface area (Å²) in [6.07, 6.45) is -0.278. The maximum atomic E-state index is 9.83. The van der Waals surface area contributed by atoms with Gasteiger partial charge in [-0.3, -0.25) is 0 Å². The van der Waals surface area contributed by atoms with Crippen LogP contribution in [0.2, 0.25) is 0 Å². The standard InChI is InChI=1S/C16H27NO/c1-10(2)16(18)9-17-14(6)15-8-12(4)11(3)7-13(15)5/h7-8,10,14,16-18H,9H2,1-6H3. The van der Waals surface area contributed by atoms with Crippen LogP contribution in [-0.2, 0) is 0 Å². The molecule has 1 aromatic rings. The van der Waals surface area contributed by atoms with Crippen LogP contribution in [0, 0.1) is 26.7 Å². The summed E-state index contributed by atoms with van der Waals surface area (Å²) in [5, 5.41) is 13.2. The average Bonchev–Trinajstić information content (AvgIpc) is 2.30. The highest BCUT2D eigenvalue weighted by molar-refractivity contribution is 5.37. The van der Waals surface area contributed by atoms with Gasteiger partial charge in [-0.2, -0.15) is 0 Å². The number of aliphatic hydroxyl groups is 1. The molecule has 2 heteroatoms. The number of hydrogen-bond donors (Lipinski definition) is 2. The van der Waals surface area contributed by atoms with Gasteiger partial charge in [0.25, 0.3) is 0 Å². The van der Waals surface area contributed by atoms with Gasteiger partial charge in [0.1, 0.15) is 0 Å². The lowest BCUT2D eigenvalue weighted by Crippen LogP contribution is -2.32. The quantitative estimate of drug-likeness (QED) is 0.839. The largest absolute Gasteiger partial charge is 0.392 e. The third kappa shape index (κ3) is 3.82. The molecule has 0 fully saturated rings. The van der Waals surface area contributed by atoms with Crippen molar-refractivity contribution in [2.75, 3.05) is 6.54 Å². The van der Waals surface area contributed by atoms with Crippen LogP contribution in [0.1, 0.15) is 49.1 Å². The van der Waals surface area contributed by atoms with Gasteiger partial charge in [-0.15, -0.1) is 0 Å². The number of hydrogen-bond acceptors (Lipinski definition) is 2. The normalized spacial score (nSPS) is 14.9. The van der Waals surface area contributed by atoms with E-state index in [1.54, 1.807) is 0 Å². The maximum absolute atomic E-state index is 9.83. The van der Waals surface area contributed by atoms with E-state index in [0.717, 1.165) is 0 Å². The monoisotopic (exact) mass is 249 g/mol. The highest BCUT2D eigenvalue weighted by Gasteiger charge is 2.13. The number of benzene rings is 1. The van der Waals surface area contributed by atoms with Crippen molar-refractivity contribution in [3.8, 4) is 0 Å². The maximum Gasteiger partial charge on any atom is 0.0687 e. The summed E-state index contributed by atoms with van der Waals surface area (Å²) in [4.78, 5) is 0. The zero-order valence-corrected chi connectivity index (χ0v) is 12.5. The predicted octanol–water partition coefficient (Wildman–Crippen LogP) is 3.28. The third-order valence-electron chi connectivity index (χ3n) is 3.75. The van der Waals surface area contributed by atoms with Crippen molar-refractivity contribution in [2.24, 2.45) is 5.92 Å².